The van der Waals surface area contributed by atoms with Crippen LogP contribution in [0, 0.1) is 20.8 Å². The van der Waals surface area contributed by atoms with Crippen LogP contribution in [0.4, 0.5) is 5.82 Å². The number of rotatable bonds is 5. The van der Waals surface area contributed by atoms with Crippen LogP contribution in [-0.2, 0) is 13.6 Å². The first-order valence-electron chi connectivity index (χ1n) is 8.94. The van der Waals surface area contributed by atoms with Gasteiger partial charge in [-0.25, -0.2) is 9.97 Å². The minimum absolute atomic E-state index is 0.228. The number of nitrogens with zero attached hydrogens (tertiary/aromatic N) is 5. The van der Waals surface area contributed by atoms with Crippen LogP contribution in [0.1, 0.15) is 39.7 Å². The molecule has 0 spiro atoms. The highest BCUT2D eigenvalue weighted by molar-refractivity contribution is 5.90. The van der Waals surface area contributed by atoms with Crippen molar-refractivity contribution >= 4 is 11.7 Å². The van der Waals surface area contributed by atoms with Gasteiger partial charge in [-0.15, -0.1) is 0 Å². The Balaban J connectivity index is 1.68. The summed E-state index contributed by atoms with van der Waals surface area (Å²) in [6, 6.07) is 2.48. The van der Waals surface area contributed by atoms with Crippen LogP contribution in [0.15, 0.2) is 6.07 Å². The summed E-state index contributed by atoms with van der Waals surface area (Å²) in [6.07, 6.45) is 1.03. The van der Waals surface area contributed by atoms with E-state index in [1.807, 2.05) is 25.6 Å². The molecule has 0 aliphatic carbocycles. The normalized spacial score (nSPS) is 17.0. The first kappa shape index (κ1) is 18.3. The molecule has 0 aromatic carbocycles. The first-order chi connectivity index (χ1) is 12.4. The van der Waals surface area contributed by atoms with Gasteiger partial charge in [-0.3, -0.25) is 9.48 Å². The Bertz CT molecular complexity index is 795. The molecule has 3 rings (SSSR count). The molecule has 1 aliphatic rings. The van der Waals surface area contributed by atoms with E-state index >= 15 is 0 Å². The number of nitrogens with one attached hydrogen (secondary N) is 2. The summed E-state index contributed by atoms with van der Waals surface area (Å²) in [4.78, 5) is 23.0. The number of hydrogen-bond acceptors (Lipinski definition) is 6. The first-order valence-corrected chi connectivity index (χ1v) is 8.94. The molecule has 0 bridgehead atoms. The molecule has 2 aromatic rings. The molecule has 2 N–H and O–H groups in total. The maximum absolute atomic E-state index is 11.9. The van der Waals surface area contributed by atoms with Gasteiger partial charge in [0.05, 0.1) is 5.69 Å². The van der Waals surface area contributed by atoms with Crippen molar-refractivity contribution in [2.75, 3.05) is 25.0 Å². The molecule has 1 atom stereocenters. The number of aromatic nitrogens is 4. The molecular formula is C18H27N7O. The van der Waals surface area contributed by atoms with Crippen molar-refractivity contribution in [3.63, 3.8) is 0 Å². The Morgan fingerprint density at radius 2 is 2.08 bits per heavy atom. The average Bonchev–Trinajstić information content (AvgIpc) is 3.21. The summed E-state index contributed by atoms with van der Waals surface area (Å²) in [5, 5.41) is 10.7. The van der Waals surface area contributed by atoms with Gasteiger partial charge in [0, 0.05) is 56.7 Å². The fourth-order valence-electron chi connectivity index (χ4n) is 3.22. The lowest BCUT2D eigenvalue weighted by atomic mass is 10.2. The van der Waals surface area contributed by atoms with Crippen molar-refractivity contribution in [3.8, 4) is 0 Å². The second-order valence-electron chi connectivity index (χ2n) is 6.87. The van der Waals surface area contributed by atoms with Gasteiger partial charge in [0.2, 0.25) is 5.82 Å². The predicted molar refractivity (Wildman–Crippen MR) is 100 cm³/mol. The summed E-state index contributed by atoms with van der Waals surface area (Å²) < 4.78 is 1.89. The van der Waals surface area contributed by atoms with E-state index in [1.165, 1.54) is 0 Å². The zero-order chi connectivity index (χ0) is 18.8. The van der Waals surface area contributed by atoms with Crippen LogP contribution in [-0.4, -0.2) is 51.8 Å². The van der Waals surface area contributed by atoms with Gasteiger partial charge in [-0.1, -0.05) is 0 Å². The SMILES string of the molecule is CNC(=O)c1nc(C)c(C)c(N2CC[C@@H](NCc3cc(C)n(C)n3)C2)n1. The van der Waals surface area contributed by atoms with Crippen LogP contribution in [0.2, 0.25) is 0 Å². The maximum Gasteiger partial charge on any atom is 0.288 e. The Morgan fingerprint density at radius 1 is 1.31 bits per heavy atom. The molecule has 140 valence electrons. The summed E-state index contributed by atoms with van der Waals surface area (Å²) in [5.41, 5.74) is 4.08. The lowest BCUT2D eigenvalue weighted by Crippen LogP contribution is -2.33. The van der Waals surface area contributed by atoms with Crippen LogP contribution in [0.3, 0.4) is 0 Å². The molecule has 1 fully saturated rings. The lowest BCUT2D eigenvalue weighted by Gasteiger charge is -2.21. The van der Waals surface area contributed by atoms with Crippen molar-refractivity contribution in [2.45, 2.75) is 39.8 Å². The third-order valence-electron chi connectivity index (χ3n) is 5.02. The standard InChI is InChI=1S/C18H27N7O/c1-11-8-15(23-24(11)5)9-20-14-6-7-25(10-14)17-12(2)13(3)21-16(22-17)18(26)19-4/h8,14,20H,6-7,9-10H2,1-5H3,(H,19,26)/t14-/m1/s1. The van der Waals surface area contributed by atoms with E-state index < -0.39 is 0 Å². The van der Waals surface area contributed by atoms with E-state index in [-0.39, 0.29) is 11.7 Å². The van der Waals surface area contributed by atoms with Crippen LogP contribution >= 0.6 is 0 Å². The molecule has 1 saturated heterocycles. The average molecular weight is 357 g/mol. The molecule has 1 amide bonds. The van der Waals surface area contributed by atoms with Gasteiger partial charge in [0.15, 0.2) is 0 Å². The summed E-state index contributed by atoms with van der Waals surface area (Å²) >= 11 is 0. The third kappa shape index (κ3) is 3.70. The number of carbonyl (C=O) groups is 1. The molecule has 8 nitrogen and oxygen atoms in total. The topological polar surface area (TPSA) is 88.0 Å². The van der Waals surface area contributed by atoms with Gasteiger partial charge in [0.25, 0.3) is 5.91 Å². The van der Waals surface area contributed by atoms with E-state index in [2.05, 4.69) is 43.6 Å². The molecule has 1 aliphatic heterocycles. The Labute approximate surface area is 154 Å². The molecular weight excluding hydrogens is 330 g/mol. The van der Waals surface area contributed by atoms with Gasteiger partial charge in [0.1, 0.15) is 5.82 Å². The lowest BCUT2D eigenvalue weighted by molar-refractivity contribution is 0.0952. The summed E-state index contributed by atoms with van der Waals surface area (Å²) in [7, 11) is 3.55. The van der Waals surface area contributed by atoms with Gasteiger partial charge in [-0.05, 0) is 33.3 Å². The smallest absolute Gasteiger partial charge is 0.288 e. The number of aryl methyl sites for hydroxylation is 3. The quantitative estimate of drug-likeness (QED) is 0.825. The third-order valence-corrected chi connectivity index (χ3v) is 5.02. The second-order valence-corrected chi connectivity index (χ2v) is 6.87. The molecule has 0 radical (unpaired) electrons. The fourth-order valence-corrected chi connectivity index (χ4v) is 3.22. The van der Waals surface area contributed by atoms with E-state index in [0.717, 1.165) is 54.5 Å². The molecule has 2 aromatic heterocycles. The zero-order valence-corrected chi connectivity index (χ0v) is 16.1. The highest BCUT2D eigenvalue weighted by Crippen LogP contribution is 2.24. The monoisotopic (exact) mass is 357 g/mol. The van der Waals surface area contributed by atoms with Crippen LogP contribution in [0.5, 0.6) is 0 Å². The largest absolute Gasteiger partial charge is 0.355 e. The van der Waals surface area contributed by atoms with Gasteiger partial charge < -0.3 is 15.5 Å². The molecule has 0 saturated carbocycles. The minimum atomic E-state index is -0.256. The highest BCUT2D eigenvalue weighted by atomic mass is 16.2. The van der Waals surface area contributed by atoms with E-state index in [4.69, 9.17) is 0 Å². The molecule has 0 unspecified atom stereocenters. The van der Waals surface area contributed by atoms with Gasteiger partial charge >= 0.3 is 0 Å². The van der Waals surface area contributed by atoms with Crippen molar-refractivity contribution < 1.29 is 4.79 Å². The van der Waals surface area contributed by atoms with Crippen molar-refractivity contribution in [2.24, 2.45) is 7.05 Å². The fraction of sp³-hybridized carbons (Fsp3) is 0.556. The maximum atomic E-state index is 11.9. The van der Waals surface area contributed by atoms with Crippen LogP contribution < -0.4 is 15.5 Å². The van der Waals surface area contributed by atoms with Gasteiger partial charge in [-0.2, -0.15) is 5.10 Å². The van der Waals surface area contributed by atoms with E-state index in [0.29, 0.717) is 6.04 Å². The Morgan fingerprint density at radius 3 is 2.73 bits per heavy atom. The molecule has 3 heterocycles. The van der Waals surface area contributed by atoms with Crippen molar-refractivity contribution in [3.05, 3.63) is 34.5 Å². The molecule has 26 heavy (non-hydrogen) atoms. The number of anilines is 1. The number of amides is 1. The predicted octanol–water partition coefficient (Wildman–Crippen LogP) is 0.863. The Hall–Kier alpha value is -2.48. The Kier molecular flexibility index (Phi) is 5.22. The second kappa shape index (κ2) is 7.41. The number of carbonyl (C=O) groups excluding carboxylic acids is 1. The van der Waals surface area contributed by atoms with Crippen LogP contribution in [0.25, 0.3) is 0 Å². The molecule has 8 heteroatoms. The van der Waals surface area contributed by atoms with E-state index in [9.17, 15) is 4.79 Å². The zero-order valence-electron chi connectivity index (χ0n) is 16.1. The highest BCUT2D eigenvalue weighted by Gasteiger charge is 2.26. The van der Waals surface area contributed by atoms with Crippen molar-refractivity contribution in [1.29, 1.82) is 0 Å². The minimum Gasteiger partial charge on any atom is -0.355 e. The summed E-state index contributed by atoms with van der Waals surface area (Å²) in [5.74, 6) is 0.828. The van der Waals surface area contributed by atoms with Crippen molar-refractivity contribution in [1.82, 2.24) is 30.4 Å². The van der Waals surface area contributed by atoms with E-state index in [1.54, 1.807) is 7.05 Å². The number of hydrogen-bond donors (Lipinski definition) is 2. The summed E-state index contributed by atoms with van der Waals surface area (Å²) in [6.45, 7) is 8.50.